The number of hydrogen-bond donors (Lipinski definition) is 8. The van der Waals surface area contributed by atoms with Gasteiger partial charge < -0.3 is 57.1 Å². The van der Waals surface area contributed by atoms with Gasteiger partial charge in [-0.15, -0.1) is 0 Å². The molecular weight excluding hydrogens is 857 g/mol. The molecule has 1 aromatic carbocycles. The Bertz CT molecular complexity index is 1910. The fraction of sp³-hybridized carbons (Fsp3) is 0.674. The molecule has 2 heterocycles. The maximum atomic E-state index is 14.8. The highest BCUT2D eigenvalue weighted by Gasteiger charge is 2.47. The number of primary amides is 1. The first kappa shape index (κ1) is 54.5. The van der Waals surface area contributed by atoms with Crippen LogP contribution in [0, 0.1) is 23.7 Å². The highest BCUT2D eigenvalue weighted by atomic mass is 16.5. The molecule has 2 fully saturated rings. The number of amides is 8. The third kappa shape index (κ3) is 14.6. The number of piperidine rings is 1. The highest BCUT2D eigenvalue weighted by molar-refractivity contribution is 5.98. The van der Waals surface area contributed by atoms with Gasteiger partial charge >= 0.3 is 5.97 Å². The van der Waals surface area contributed by atoms with E-state index in [1.165, 1.54) is 26.1 Å². The van der Waals surface area contributed by atoms with Crippen LogP contribution in [0.1, 0.15) is 113 Å². The van der Waals surface area contributed by atoms with Gasteiger partial charge in [0.25, 0.3) is 0 Å². The maximum absolute atomic E-state index is 14.8. The lowest BCUT2D eigenvalue weighted by Gasteiger charge is -2.44. The number of benzene rings is 1. The zero-order valence-corrected chi connectivity index (χ0v) is 39.9. The van der Waals surface area contributed by atoms with Crippen LogP contribution >= 0.6 is 0 Å². The molecule has 4 unspecified atom stereocenters. The second kappa shape index (κ2) is 24.7. The minimum Gasteiger partial charge on any atom is -0.508 e. The summed E-state index contributed by atoms with van der Waals surface area (Å²) in [6.45, 7) is 15.1. The largest absolute Gasteiger partial charge is 0.508 e. The van der Waals surface area contributed by atoms with Gasteiger partial charge in [-0.3, -0.25) is 38.4 Å². The number of aliphatic hydroxyl groups excluding tert-OH is 1. The second-order valence-corrected chi connectivity index (χ2v) is 18.5. The molecule has 1 aromatic rings. The van der Waals surface area contributed by atoms with Crippen molar-refractivity contribution in [2.45, 2.75) is 168 Å². The van der Waals surface area contributed by atoms with E-state index in [0.717, 1.165) is 9.80 Å². The summed E-state index contributed by atoms with van der Waals surface area (Å²) < 4.78 is 5.86. The van der Waals surface area contributed by atoms with E-state index < -0.39 is 126 Å². The number of hydrogen-bond acceptors (Lipinski definition) is 12. The van der Waals surface area contributed by atoms with Gasteiger partial charge in [0, 0.05) is 25.8 Å². The Morgan fingerprint density at radius 3 is 2.06 bits per heavy atom. The van der Waals surface area contributed by atoms with Gasteiger partial charge in [0.15, 0.2) is 0 Å². The molecule has 9 N–H and O–H groups in total. The Labute approximate surface area is 387 Å². The molecule has 8 amide bonds. The number of fused-ring (bicyclic) bond motifs is 2. The number of carbonyl (C=O) groups excluding carboxylic acids is 9. The summed E-state index contributed by atoms with van der Waals surface area (Å²) in [7, 11) is 1.37. The number of aliphatic hydroxyl groups is 1. The molecule has 0 saturated carbocycles. The van der Waals surface area contributed by atoms with E-state index in [2.05, 4.69) is 26.6 Å². The summed E-state index contributed by atoms with van der Waals surface area (Å²) in [5.41, 5.74) is 5.91. The third-order valence-corrected chi connectivity index (χ3v) is 12.4. The lowest BCUT2D eigenvalue weighted by molar-refractivity contribution is -0.168. The number of rotatable bonds is 15. The first-order valence-corrected chi connectivity index (χ1v) is 23.0. The monoisotopic (exact) mass is 929 g/mol. The topological polar surface area (TPSA) is 296 Å². The standard InChI is InChI=1S/C46H72N8O12/c1-11-25(7)38-45(64)53(10)33(22-28-13-15-29(55)16-14-28)42(61)51-36(24(5)6)46(65)66-27(9)37(52-40(59)30(17-19-34(47)56)48-39(58)26(8)12-2)43(62)50-32(21-23(3)4)41(60)49-31-18-20-35(57)54(38)44(31)63/h13-16,23-27,30-33,35-38,55,57H,11-12,17-22H2,1-10H3,(H2,47,56)(H,48,58)(H,49,60)(H,50,62)(H,51,61)(H,52,59)/t25?,26?,27-,30+,31?,32+,33+,35?,36+,37+,38+/m1/s1. The molecule has 2 saturated heterocycles. The Morgan fingerprint density at radius 2 is 1.50 bits per heavy atom. The second-order valence-electron chi connectivity index (χ2n) is 18.5. The van der Waals surface area contributed by atoms with Crippen molar-refractivity contribution in [2.24, 2.45) is 29.4 Å². The van der Waals surface area contributed by atoms with Crippen LogP contribution in [0.25, 0.3) is 0 Å². The smallest absolute Gasteiger partial charge is 0.329 e. The summed E-state index contributed by atoms with van der Waals surface area (Å²) in [6, 6.07) is -3.82. The number of esters is 1. The van der Waals surface area contributed by atoms with Crippen molar-refractivity contribution in [1.29, 1.82) is 0 Å². The normalized spacial score (nSPS) is 26.4. The predicted molar refractivity (Wildman–Crippen MR) is 241 cm³/mol. The lowest BCUT2D eigenvalue weighted by Crippen LogP contribution is -2.66. The fourth-order valence-corrected chi connectivity index (χ4v) is 7.86. The number of aromatic hydroxyl groups is 1. The van der Waals surface area contributed by atoms with E-state index in [1.807, 2.05) is 0 Å². The lowest BCUT2D eigenvalue weighted by atomic mass is 9.91. The molecular formula is C46H72N8O12. The average Bonchev–Trinajstić information content (AvgIpc) is 3.25. The highest BCUT2D eigenvalue weighted by Crippen LogP contribution is 2.28. The van der Waals surface area contributed by atoms with Gasteiger partial charge in [-0.2, -0.15) is 0 Å². The number of phenols is 1. The number of ether oxygens (including phenoxy) is 1. The van der Waals surface area contributed by atoms with Crippen LogP contribution < -0.4 is 32.3 Å². The molecule has 66 heavy (non-hydrogen) atoms. The first-order valence-electron chi connectivity index (χ1n) is 23.0. The molecule has 0 aromatic heterocycles. The summed E-state index contributed by atoms with van der Waals surface area (Å²) in [5, 5.41) is 34.6. The molecule has 3 rings (SSSR count). The van der Waals surface area contributed by atoms with Crippen molar-refractivity contribution in [1.82, 2.24) is 36.4 Å². The molecule has 11 atom stereocenters. The van der Waals surface area contributed by atoms with Crippen molar-refractivity contribution >= 4 is 53.2 Å². The third-order valence-electron chi connectivity index (χ3n) is 12.4. The quantitative estimate of drug-likeness (QED) is 0.112. The zero-order chi connectivity index (χ0) is 49.7. The minimum atomic E-state index is -1.74. The molecule has 0 aliphatic carbocycles. The number of cyclic esters (lactones) is 1. The van der Waals surface area contributed by atoms with Crippen molar-refractivity contribution in [3.63, 3.8) is 0 Å². The Balaban J connectivity index is 2.24. The van der Waals surface area contributed by atoms with Crippen molar-refractivity contribution < 1.29 is 58.1 Å². The molecule has 2 aliphatic heterocycles. The Kier molecular flexibility index (Phi) is 20.4. The van der Waals surface area contributed by atoms with Gasteiger partial charge in [0.05, 0.1) is 0 Å². The number of carbonyl (C=O) groups is 9. The maximum Gasteiger partial charge on any atom is 0.329 e. The van der Waals surface area contributed by atoms with Crippen LogP contribution in [0.15, 0.2) is 24.3 Å². The number of nitrogens with two attached hydrogens (primary N) is 1. The van der Waals surface area contributed by atoms with Gasteiger partial charge in [-0.1, -0.05) is 73.9 Å². The van der Waals surface area contributed by atoms with E-state index in [1.54, 1.807) is 67.5 Å². The van der Waals surface area contributed by atoms with E-state index in [-0.39, 0.29) is 50.2 Å². The number of phenolic OH excluding ortho intramolecular Hbond substituents is 1. The first-order chi connectivity index (χ1) is 30.9. The van der Waals surface area contributed by atoms with E-state index in [4.69, 9.17) is 10.5 Å². The van der Waals surface area contributed by atoms with Crippen LogP contribution in [0.5, 0.6) is 5.75 Å². The molecule has 0 spiro atoms. The van der Waals surface area contributed by atoms with E-state index in [9.17, 15) is 53.4 Å². The number of nitrogens with one attached hydrogen (secondary N) is 5. The predicted octanol–water partition coefficient (Wildman–Crippen LogP) is 0.500. The Morgan fingerprint density at radius 1 is 0.864 bits per heavy atom. The molecule has 368 valence electrons. The molecule has 0 radical (unpaired) electrons. The summed E-state index contributed by atoms with van der Waals surface area (Å²) in [6.07, 6.45) is -2.86. The van der Waals surface area contributed by atoms with Crippen LogP contribution in [0.4, 0.5) is 0 Å². The fourth-order valence-electron chi connectivity index (χ4n) is 7.86. The molecule has 2 aliphatic rings. The molecule has 20 nitrogen and oxygen atoms in total. The summed E-state index contributed by atoms with van der Waals surface area (Å²) >= 11 is 0. The van der Waals surface area contributed by atoms with Crippen LogP contribution in [-0.4, -0.2) is 135 Å². The molecule has 20 heteroatoms. The van der Waals surface area contributed by atoms with E-state index in [0.29, 0.717) is 18.4 Å². The average molecular weight is 929 g/mol. The molecule has 2 bridgehead atoms. The summed E-state index contributed by atoms with van der Waals surface area (Å²) in [5.74, 6) is -9.26. The van der Waals surface area contributed by atoms with Crippen molar-refractivity contribution in [3.8, 4) is 5.75 Å². The van der Waals surface area contributed by atoms with Crippen molar-refractivity contribution in [2.75, 3.05) is 7.05 Å². The van der Waals surface area contributed by atoms with Crippen LogP contribution in [0.2, 0.25) is 0 Å². The number of nitrogens with zero attached hydrogens (tertiary/aromatic N) is 2. The van der Waals surface area contributed by atoms with E-state index >= 15 is 0 Å². The van der Waals surface area contributed by atoms with Gasteiger partial charge in [-0.05, 0) is 74.5 Å². The van der Waals surface area contributed by atoms with Gasteiger partial charge in [0.2, 0.25) is 47.3 Å². The van der Waals surface area contributed by atoms with Crippen molar-refractivity contribution in [3.05, 3.63) is 29.8 Å². The Hall–Kier alpha value is -5.79. The minimum absolute atomic E-state index is 0.0228. The van der Waals surface area contributed by atoms with Gasteiger partial charge in [0.1, 0.15) is 60.4 Å². The number of likely N-dealkylation sites (N-methyl/N-ethyl adjacent to an activating group) is 1. The zero-order valence-electron chi connectivity index (χ0n) is 39.9. The van der Waals surface area contributed by atoms with Crippen LogP contribution in [0.3, 0.4) is 0 Å². The van der Waals surface area contributed by atoms with Crippen LogP contribution in [-0.2, 0) is 54.3 Å². The van der Waals surface area contributed by atoms with Gasteiger partial charge in [-0.25, -0.2) is 4.79 Å². The summed E-state index contributed by atoms with van der Waals surface area (Å²) in [4.78, 5) is 128. The SMILES string of the molecule is CCC(C)C(=O)N[C@@H](CCC(N)=O)C(=O)N[C@@H]1C(=O)N[C@@H](CC(C)C)C(=O)NC2CCC(O)N(C2=O)[C@@H](C(C)CC)C(=O)N(C)[C@@H](Cc2ccc(O)cc2)C(=O)N[C@@H](C(C)C)C(=O)O[C@@H]1C.